The number of furan rings is 1. The van der Waals surface area contributed by atoms with Crippen molar-refractivity contribution < 1.29 is 36.1 Å². The summed E-state index contributed by atoms with van der Waals surface area (Å²) in [6.07, 6.45) is 2.77. The lowest BCUT2D eigenvalue weighted by molar-refractivity contribution is 0.0957. The number of benzene rings is 3. The predicted octanol–water partition coefficient (Wildman–Crippen LogP) is 4.19. The molecule has 0 saturated heterocycles. The normalized spacial score (nSPS) is 14.9. The molecule has 1 saturated carbocycles. The molecule has 2 heterocycles. The van der Waals surface area contributed by atoms with Crippen LogP contribution in [-0.4, -0.2) is 39.3 Å². The number of nitrogens with one attached hydrogen (secondary N) is 1. The van der Waals surface area contributed by atoms with Crippen LogP contribution in [0, 0.1) is 11.6 Å². The Morgan fingerprint density at radius 3 is 2.54 bits per heavy atom. The van der Waals surface area contributed by atoms with E-state index in [-0.39, 0.29) is 47.3 Å². The highest BCUT2D eigenvalue weighted by atomic mass is 32.2. The quantitative estimate of drug-likeness (QED) is 0.303. The molecule has 3 aromatic carbocycles. The van der Waals surface area contributed by atoms with Crippen LogP contribution in [0.25, 0.3) is 22.3 Å². The van der Waals surface area contributed by atoms with Crippen LogP contribution in [0.2, 0.25) is 0 Å². The molecule has 1 amide bonds. The molecule has 212 valence electrons. The maximum Gasteiger partial charge on any atom is 0.494 e. The number of rotatable bonds is 8. The summed E-state index contributed by atoms with van der Waals surface area (Å²) < 4.78 is 67.4. The van der Waals surface area contributed by atoms with Crippen LogP contribution < -0.4 is 15.1 Å². The number of sulfonamides is 1. The summed E-state index contributed by atoms with van der Waals surface area (Å²) >= 11 is 0. The average molecular weight is 580 g/mol. The Labute approximate surface area is 236 Å². The van der Waals surface area contributed by atoms with E-state index in [9.17, 15) is 27.0 Å². The number of hydrogen-bond donors (Lipinski definition) is 2. The summed E-state index contributed by atoms with van der Waals surface area (Å²) in [5.41, 5.74) is 3.09. The molecule has 0 unspecified atom stereocenters. The number of carbonyl (C=O) groups is 1. The lowest BCUT2D eigenvalue weighted by atomic mass is 9.78. The van der Waals surface area contributed by atoms with Crippen LogP contribution in [0.1, 0.15) is 52.7 Å². The molecule has 4 aromatic rings. The van der Waals surface area contributed by atoms with Crippen molar-refractivity contribution in [2.45, 2.75) is 38.8 Å². The molecule has 1 aromatic heterocycles. The molecule has 1 aliphatic heterocycles. The van der Waals surface area contributed by atoms with Gasteiger partial charge in [-0.25, -0.2) is 17.2 Å². The van der Waals surface area contributed by atoms with Gasteiger partial charge in [0.2, 0.25) is 10.0 Å². The van der Waals surface area contributed by atoms with Crippen molar-refractivity contribution in [3.8, 4) is 11.3 Å². The summed E-state index contributed by atoms with van der Waals surface area (Å²) in [4.78, 5) is 13.2. The summed E-state index contributed by atoms with van der Waals surface area (Å²) in [7, 11) is -5.23. The number of nitrogens with zero attached hydrogens (tertiary/aromatic N) is 1. The van der Waals surface area contributed by atoms with Gasteiger partial charge in [-0.15, -0.1) is 0 Å². The van der Waals surface area contributed by atoms with Crippen molar-refractivity contribution in [3.05, 3.63) is 82.4 Å². The molecule has 41 heavy (non-hydrogen) atoms. The van der Waals surface area contributed by atoms with Crippen molar-refractivity contribution in [3.63, 3.8) is 0 Å². The third kappa shape index (κ3) is 5.11. The highest BCUT2D eigenvalue weighted by Crippen LogP contribution is 2.48. The SMILES string of the molecule is CCNC(=O)c1c(-c2ccc(F)cc2)oc2cc(N(Cc3cc(F)c4c(c3)COB4O)S(C)(=O)=O)c(C3CC3)cc12. The first kappa shape index (κ1) is 27.4. The molecule has 1 aliphatic carbocycles. The summed E-state index contributed by atoms with van der Waals surface area (Å²) in [5, 5.41) is 13.2. The molecular formula is C29H27BF2N2O6S. The highest BCUT2D eigenvalue weighted by Gasteiger charge is 2.35. The van der Waals surface area contributed by atoms with E-state index >= 15 is 0 Å². The fraction of sp³-hybridized carbons (Fsp3) is 0.276. The molecule has 0 bridgehead atoms. The van der Waals surface area contributed by atoms with Gasteiger partial charge < -0.3 is 19.4 Å². The van der Waals surface area contributed by atoms with E-state index in [2.05, 4.69) is 5.32 Å². The van der Waals surface area contributed by atoms with Crippen LogP contribution in [0.15, 0.2) is 52.9 Å². The molecule has 0 radical (unpaired) electrons. The Bertz CT molecular complexity index is 1790. The van der Waals surface area contributed by atoms with Gasteiger partial charge in [-0.05, 0) is 78.8 Å². The van der Waals surface area contributed by atoms with Crippen LogP contribution in [0.4, 0.5) is 14.5 Å². The lowest BCUT2D eigenvalue weighted by Gasteiger charge is -2.25. The molecule has 6 rings (SSSR count). The maximum absolute atomic E-state index is 14.9. The second kappa shape index (κ2) is 10.3. The van der Waals surface area contributed by atoms with Gasteiger partial charge >= 0.3 is 7.12 Å². The van der Waals surface area contributed by atoms with E-state index in [4.69, 9.17) is 9.07 Å². The second-order valence-electron chi connectivity index (χ2n) is 10.4. The van der Waals surface area contributed by atoms with Gasteiger partial charge in [-0.3, -0.25) is 9.10 Å². The van der Waals surface area contributed by atoms with Gasteiger partial charge in [0.05, 0.1) is 30.7 Å². The first-order valence-electron chi connectivity index (χ1n) is 13.3. The maximum atomic E-state index is 14.9. The van der Waals surface area contributed by atoms with Crippen LogP contribution in [0.3, 0.4) is 0 Å². The van der Waals surface area contributed by atoms with Gasteiger partial charge in [0.25, 0.3) is 5.91 Å². The average Bonchev–Trinajstić information content (AvgIpc) is 3.59. The zero-order valence-electron chi connectivity index (χ0n) is 22.4. The van der Waals surface area contributed by atoms with Gasteiger partial charge in [0.1, 0.15) is 23.0 Å². The van der Waals surface area contributed by atoms with E-state index in [0.717, 1.165) is 24.7 Å². The molecule has 12 heteroatoms. The zero-order valence-corrected chi connectivity index (χ0v) is 23.2. The summed E-state index contributed by atoms with van der Waals surface area (Å²) in [5.74, 6) is -1.15. The Hall–Kier alpha value is -3.74. The summed E-state index contributed by atoms with van der Waals surface area (Å²) in [6, 6.07) is 11.8. The van der Waals surface area contributed by atoms with E-state index < -0.39 is 28.8 Å². The van der Waals surface area contributed by atoms with Crippen LogP contribution in [-0.2, 0) is 27.8 Å². The molecular weight excluding hydrogens is 553 g/mol. The fourth-order valence-electron chi connectivity index (χ4n) is 5.39. The third-order valence-electron chi connectivity index (χ3n) is 7.44. The first-order chi connectivity index (χ1) is 19.5. The molecule has 8 nitrogen and oxygen atoms in total. The summed E-state index contributed by atoms with van der Waals surface area (Å²) in [6.45, 7) is 2.02. The van der Waals surface area contributed by atoms with Crippen molar-refractivity contribution in [2.24, 2.45) is 0 Å². The molecule has 2 aliphatic rings. The van der Waals surface area contributed by atoms with Gasteiger partial charge in [0, 0.05) is 29.0 Å². The minimum absolute atomic E-state index is 0.0145. The van der Waals surface area contributed by atoms with E-state index in [1.54, 1.807) is 25.1 Å². The Balaban J connectivity index is 1.52. The zero-order chi connectivity index (χ0) is 29.1. The third-order valence-corrected chi connectivity index (χ3v) is 8.57. The second-order valence-corrected chi connectivity index (χ2v) is 12.3. The number of anilines is 1. The number of halogens is 2. The van der Waals surface area contributed by atoms with E-state index in [1.165, 1.54) is 34.6 Å². The van der Waals surface area contributed by atoms with E-state index in [0.29, 0.717) is 34.3 Å². The van der Waals surface area contributed by atoms with Gasteiger partial charge in [-0.1, -0.05) is 6.07 Å². The predicted molar refractivity (Wildman–Crippen MR) is 151 cm³/mol. The lowest BCUT2D eigenvalue weighted by Crippen LogP contribution is -2.33. The van der Waals surface area contributed by atoms with E-state index in [1.807, 2.05) is 0 Å². The topological polar surface area (TPSA) is 109 Å². The number of amides is 1. The van der Waals surface area contributed by atoms with Crippen LogP contribution in [0.5, 0.6) is 0 Å². The minimum atomic E-state index is -3.87. The Kier molecular flexibility index (Phi) is 6.87. The standard InChI is InChI=1S/C29H27BF2N2O6S/c1-3-33-29(35)26-22-12-21(17-4-5-17)24(13-25(22)40-28(26)18-6-8-20(31)9-7-18)34(41(2,37)38)14-16-10-19-15-39-30(36)27(19)23(32)11-16/h6-13,17,36H,3-5,14-15H2,1-2H3,(H,33,35). The first-order valence-corrected chi connectivity index (χ1v) is 15.1. The largest absolute Gasteiger partial charge is 0.494 e. The Morgan fingerprint density at radius 2 is 1.88 bits per heavy atom. The molecule has 0 atom stereocenters. The number of carbonyl (C=O) groups excluding carboxylic acids is 1. The smallest absolute Gasteiger partial charge is 0.455 e. The molecule has 2 N–H and O–H groups in total. The highest BCUT2D eigenvalue weighted by molar-refractivity contribution is 7.92. The van der Waals surface area contributed by atoms with Crippen molar-refractivity contribution in [1.29, 1.82) is 0 Å². The minimum Gasteiger partial charge on any atom is -0.455 e. The van der Waals surface area contributed by atoms with Crippen LogP contribution >= 0.6 is 0 Å². The molecule has 1 fully saturated rings. The monoisotopic (exact) mass is 580 g/mol. The van der Waals surface area contributed by atoms with Crippen molar-refractivity contribution >= 4 is 45.2 Å². The fourth-order valence-corrected chi connectivity index (χ4v) is 6.29. The van der Waals surface area contributed by atoms with Gasteiger partial charge in [0.15, 0.2) is 0 Å². The van der Waals surface area contributed by atoms with Crippen molar-refractivity contribution in [2.75, 3.05) is 17.1 Å². The number of fused-ring (bicyclic) bond motifs is 2. The van der Waals surface area contributed by atoms with Crippen molar-refractivity contribution in [1.82, 2.24) is 5.32 Å². The Morgan fingerprint density at radius 1 is 1.15 bits per heavy atom. The molecule has 0 spiro atoms. The number of hydrogen-bond acceptors (Lipinski definition) is 6. The van der Waals surface area contributed by atoms with Gasteiger partial charge in [-0.2, -0.15) is 0 Å².